The number of aliphatic imine (C=N–C) groups is 1. The summed E-state index contributed by atoms with van der Waals surface area (Å²) in [5.41, 5.74) is 0.837. The minimum absolute atomic E-state index is 0.305. The van der Waals surface area contributed by atoms with Gasteiger partial charge in [-0.2, -0.15) is 5.10 Å². The van der Waals surface area contributed by atoms with E-state index in [2.05, 4.69) is 37.1 Å². The average molecular weight is 163 g/mol. The van der Waals surface area contributed by atoms with E-state index < -0.39 is 0 Å². The Morgan fingerprint density at radius 2 is 2.33 bits per heavy atom. The van der Waals surface area contributed by atoms with Crippen LogP contribution in [0.3, 0.4) is 0 Å². The van der Waals surface area contributed by atoms with Crippen LogP contribution in [-0.2, 0) is 0 Å². The summed E-state index contributed by atoms with van der Waals surface area (Å²) in [7, 11) is 0. The van der Waals surface area contributed by atoms with Crippen LogP contribution in [0.5, 0.6) is 0 Å². The molecule has 0 bridgehead atoms. The molecule has 0 aromatic carbocycles. The Kier molecular flexibility index (Phi) is 2.43. The van der Waals surface area contributed by atoms with Gasteiger partial charge < -0.3 is 0 Å². The number of amidine groups is 1. The highest BCUT2D eigenvalue weighted by Gasteiger charge is 2.20. The first-order chi connectivity index (χ1) is 5.66. The number of nitrogens with zero attached hydrogens (tertiary/aromatic N) is 3. The Morgan fingerprint density at radius 1 is 1.67 bits per heavy atom. The second-order valence-electron chi connectivity index (χ2n) is 2.84. The molecule has 12 heavy (non-hydrogen) atoms. The smallest absolute Gasteiger partial charge is 0.157 e. The molecule has 1 aliphatic heterocycles. The summed E-state index contributed by atoms with van der Waals surface area (Å²) in [6.45, 7) is 11.5. The molecular weight excluding hydrogens is 150 g/mol. The van der Waals surface area contributed by atoms with Crippen LogP contribution in [0.15, 0.2) is 35.0 Å². The lowest BCUT2D eigenvalue weighted by Crippen LogP contribution is -2.28. The van der Waals surface area contributed by atoms with Gasteiger partial charge in [-0.25, -0.2) is 10.0 Å². The highest BCUT2D eigenvalue weighted by Crippen LogP contribution is 2.12. The van der Waals surface area contributed by atoms with Crippen molar-refractivity contribution in [3.05, 3.63) is 24.9 Å². The molecule has 0 saturated heterocycles. The normalized spacial score (nSPS) is 19.8. The predicted molar refractivity (Wildman–Crippen MR) is 52.2 cm³/mol. The van der Waals surface area contributed by atoms with Crippen LogP contribution in [0.4, 0.5) is 0 Å². The second kappa shape index (κ2) is 3.34. The number of hydrogen-bond acceptors (Lipinski definition) is 2. The van der Waals surface area contributed by atoms with E-state index >= 15 is 0 Å². The van der Waals surface area contributed by atoms with Crippen LogP contribution < -0.4 is 0 Å². The molecule has 1 aliphatic rings. The quantitative estimate of drug-likeness (QED) is 0.610. The summed E-state index contributed by atoms with van der Waals surface area (Å²) in [5, 5.41) is 5.97. The topological polar surface area (TPSA) is 28.0 Å². The van der Waals surface area contributed by atoms with Crippen LogP contribution in [-0.4, -0.2) is 23.1 Å². The Balaban J connectivity index is 2.91. The van der Waals surface area contributed by atoms with Crippen molar-refractivity contribution in [2.75, 3.05) is 0 Å². The zero-order valence-electron chi connectivity index (χ0n) is 7.49. The molecule has 1 heterocycles. The zero-order chi connectivity index (χ0) is 9.14. The van der Waals surface area contributed by atoms with Crippen LogP contribution in [0.1, 0.15) is 13.8 Å². The first-order valence-corrected chi connectivity index (χ1v) is 3.88. The highest BCUT2D eigenvalue weighted by molar-refractivity contribution is 6.17. The van der Waals surface area contributed by atoms with E-state index in [1.807, 2.05) is 5.01 Å². The zero-order valence-corrected chi connectivity index (χ0v) is 7.49. The summed E-state index contributed by atoms with van der Waals surface area (Å²) in [6.07, 6.45) is 3.22. The van der Waals surface area contributed by atoms with Gasteiger partial charge in [0.1, 0.15) is 0 Å². The first-order valence-electron chi connectivity index (χ1n) is 3.88. The van der Waals surface area contributed by atoms with Gasteiger partial charge in [0.15, 0.2) is 5.84 Å². The molecule has 0 radical (unpaired) electrons. The molecule has 0 N–H and O–H groups in total. The van der Waals surface area contributed by atoms with Crippen molar-refractivity contribution in [1.29, 1.82) is 0 Å². The summed E-state index contributed by atoms with van der Waals surface area (Å²) in [5.74, 6) is 0.792. The standard InChI is InChI=1S/C9H13N3/c1-5-10-9-8(4)6-11-12(9)7(2)3/h5-7H,1,4H2,2-3H3/b10-9+. The van der Waals surface area contributed by atoms with E-state index in [-0.39, 0.29) is 0 Å². The molecule has 0 aromatic rings. The van der Waals surface area contributed by atoms with Crippen molar-refractivity contribution in [3.8, 4) is 0 Å². The third kappa shape index (κ3) is 1.44. The summed E-state index contributed by atoms with van der Waals surface area (Å²) < 4.78 is 0. The lowest BCUT2D eigenvalue weighted by molar-refractivity contribution is 0.378. The Bertz CT molecular complexity index is 261. The van der Waals surface area contributed by atoms with Crippen molar-refractivity contribution in [1.82, 2.24) is 5.01 Å². The maximum atomic E-state index is 4.15. The molecule has 1 rings (SSSR count). The number of rotatable bonds is 2. The SMILES string of the molecule is C=C/N=C1\C(=C)C=NN1C(C)C. The van der Waals surface area contributed by atoms with Crippen LogP contribution in [0.2, 0.25) is 0 Å². The van der Waals surface area contributed by atoms with E-state index in [1.165, 1.54) is 6.20 Å². The molecule has 0 unspecified atom stereocenters. The van der Waals surface area contributed by atoms with Crippen molar-refractivity contribution in [2.24, 2.45) is 10.1 Å². The maximum Gasteiger partial charge on any atom is 0.157 e. The third-order valence-electron chi connectivity index (χ3n) is 1.54. The van der Waals surface area contributed by atoms with Crippen molar-refractivity contribution in [2.45, 2.75) is 19.9 Å². The van der Waals surface area contributed by atoms with E-state index in [0.29, 0.717) is 6.04 Å². The molecule has 3 heteroatoms. The fraction of sp³-hybridized carbons (Fsp3) is 0.333. The maximum absolute atomic E-state index is 4.15. The summed E-state index contributed by atoms with van der Waals surface area (Å²) in [4.78, 5) is 4.09. The Labute approximate surface area is 72.8 Å². The minimum Gasteiger partial charge on any atom is -0.245 e. The number of hydrogen-bond donors (Lipinski definition) is 0. The molecule has 0 aliphatic carbocycles. The van der Waals surface area contributed by atoms with Gasteiger partial charge >= 0.3 is 0 Å². The predicted octanol–water partition coefficient (Wildman–Crippen LogP) is 1.79. The van der Waals surface area contributed by atoms with E-state index in [9.17, 15) is 0 Å². The van der Waals surface area contributed by atoms with Crippen LogP contribution in [0, 0.1) is 0 Å². The summed E-state index contributed by atoms with van der Waals surface area (Å²) >= 11 is 0. The fourth-order valence-electron chi connectivity index (χ4n) is 0.998. The van der Waals surface area contributed by atoms with Crippen molar-refractivity contribution >= 4 is 12.1 Å². The van der Waals surface area contributed by atoms with Crippen molar-refractivity contribution < 1.29 is 0 Å². The van der Waals surface area contributed by atoms with Gasteiger partial charge in [0.05, 0.1) is 6.21 Å². The lowest BCUT2D eigenvalue weighted by atomic mass is 10.3. The van der Waals surface area contributed by atoms with Gasteiger partial charge in [0.2, 0.25) is 0 Å². The molecule has 0 amide bonds. The molecule has 0 atom stereocenters. The first kappa shape index (κ1) is 8.71. The average Bonchev–Trinajstić information content (AvgIpc) is 2.34. The fourth-order valence-corrected chi connectivity index (χ4v) is 0.998. The number of hydrazone groups is 1. The van der Waals surface area contributed by atoms with Gasteiger partial charge in [-0.3, -0.25) is 0 Å². The van der Waals surface area contributed by atoms with Crippen LogP contribution >= 0.6 is 0 Å². The highest BCUT2D eigenvalue weighted by atomic mass is 15.5. The Morgan fingerprint density at radius 3 is 2.83 bits per heavy atom. The lowest BCUT2D eigenvalue weighted by Gasteiger charge is -2.18. The third-order valence-corrected chi connectivity index (χ3v) is 1.54. The Hall–Kier alpha value is -1.38. The molecule has 0 spiro atoms. The van der Waals surface area contributed by atoms with Crippen molar-refractivity contribution in [3.63, 3.8) is 0 Å². The minimum atomic E-state index is 0.305. The second-order valence-corrected chi connectivity index (χ2v) is 2.84. The van der Waals surface area contributed by atoms with E-state index in [0.717, 1.165) is 11.4 Å². The van der Waals surface area contributed by atoms with Gasteiger partial charge in [0, 0.05) is 17.8 Å². The van der Waals surface area contributed by atoms with E-state index in [1.54, 1.807) is 6.21 Å². The molecule has 3 nitrogen and oxygen atoms in total. The monoisotopic (exact) mass is 163 g/mol. The van der Waals surface area contributed by atoms with E-state index in [4.69, 9.17) is 0 Å². The molecule has 0 fully saturated rings. The molecule has 64 valence electrons. The van der Waals surface area contributed by atoms with Gasteiger partial charge in [-0.1, -0.05) is 13.2 Å². The van der Waals surface area contributed by atoms with Crippen LogP contribution in [0.25, 0.3) is 0 Å². The molecule has 0 aromatic heterocycles. The largest absolute Gasteiger partial charge is 0.245 e. The molecule has 0 saturated carbocycles. The molecular formula is C9H13N3. The van der Waals surface area contributed by atoms with Gasteiger partial charge in [-0.05, 0) is 13.8 Å². The van der Waals surface area contributed by atoms with Gasteiger partial charge in [-0.15, -0.1) is 0 Å². The van der Waals surface area contributed by atoms with Gasteiger partial charge in [0.25, 0.3) is 0 Å². The summed E-state index contributed by atoms with van der Waals surface area (Å²) in [6, 6.07) is 0.305.